The Morgan fingerprint density at radius 2 is 2.67 bits per heavy atom. The molecule has 0 saturated carbocycles. The lowest BCUT2D eigenvalue weighted by atomic mass is 10.2. The van der Waals surface area contributed by atoms with E-state index >= 15 is 0 Å². The molecular formula is C6H8N2O. The molecule has 9 heavy (non-hydrogen) atoms. The summed E-state index contributed by atoms with van der Waals surface area (Å²) in [5.41, 5.74) is 0. The van der Waals surface area contributed by atoms with Crippen molar-refractivity contribution in [2.75, 3.05) is 0 Å². The third kappa shape index (κ3) is 1.16. The molecule has 0 saturated heterocycles. The van der Waals surface area contributed by atoms with E-state index in [0.29, 0.717) is 5.82 Å². The highest BCUT2D eigenvalue weighted by molar-refractivity contribution is 4.98. The van der Waals surface area contributed by atoms with Gasteiger partial charge in [-0.15, -0.1) is 6.58 Å². The second-order valence-electron chi connectivity index (χ2n) is 1.81. The summed E-state index contributed by atoms with van der Waals surface area (Å²) >= 11 is 0. The highest BCUT2D eigenvalue weighted by Crippen LogP contribution is 2.08. The topological polar surface area (TPSA) is 38.9 Å². The lowest BCUT2D eigenvalue weighted by Gasteiger charge is -1.93. The van der Waals surface area contributed by atoms with E-state index in [-0.39, 0.29) is 5.92 Å². The molecule has 0 aliphatic heterocycles. The van der Waals surface area contributed by atoms with Crippen molar-refractivity contribution < 1.29 is 4.52 Å². The van der Waals surface area contributed by atoms with Crippen molar-refractivity contribution in [3.8, 4) is 0 Å². The number of nitrogens with zero attached hydrogens (tertiary/aromatic N) is 2. The first-order valence-corrected chi connectivity index (χ1v) is 2.73. The van der Waals surface area contributed by atoms with Gasteiger partial charge < -0.3 is 4.52 Å². The molecule has 1 aromatic heterocycles. The van der Waals surface area contributed by atoms with Crippen LogP contribution in [0.15, 0.2) is 23.6 Å². The molecular weight excluding hydrogens is 116 g/mol. The molecule has 0 aliphatic carbocycles. The van der Waals surface area contributed by atoms with Crippen LogP contribution in [0.5, 0.6) is 0 Å². The summed E-state index contributed by atoms with van der Waals surface area (Å²) in [6, 6.07) is 0. The molecule has 0 amide bonds. The van der Waals surface area contributed by atoms with Crippen molar-refractivity contribution in [3.63, 3.8) is 0 Å². The highest BCUT2D eigenvalue weighted by atomic mass is 16.5. The summed E-state index contributed by atoms with van der Waals surface area (Å²) in [5, 5.41) is 3.63. The largest absolute Gasteiger partial charge is 0.343 e. The maximum Gasteiger partial charge on any atom is 0.213 e. The third-order valence-corrected chi connectivity index (χ3v) is 1.14. The zero-order chi connectivity index (χ0) is 6.69. The zero-order valence-corrected chi connectivity index (χ0v) is 5.24. The number of rotatable bonds is 2. The van der Waals surface area contributed by atoms with Crippen molar-refractivity contribution in [2.24, 2.45) is 0 Å². The van der Waals surface area contributed by atoms with Gasteiger partial charge in [0.2, 0.25) is 6.39 Å². The normalized spacial score (nSPS) is 13.0. The van der Waals surface area contributed by atoms with E-state index in [4.69, 9.17) is 0 Å². The van der Waals surface area contributed by atoms with Crippen LogP contribution in [0.4, 0.5) is 0 Å². The molecule has 0 aromatic carbocycles. The van der Waals surface area contributed by atoms with E-state index < -0.39 is 0 Å². The fourth-order valence-corrected chi connectivity index (χ4v) is 0.485. The predicted octanol–water partition coefficient (Wildman–Crippen LogP) is 1.36. The van der Waals surface area contributed by atoms with Crippen LogP contribution in [0.3, 0.4) is 0 Å². The average molecular weight is 124 g/mol. The van der Waals surface area contributed by atoms with Gasteiger partial charge in [-0.05, 0) is 0 Å². The van der Waals surface area contributed by atoms with Crippen LogP contribution in [0, 0.1) is 0 Å². The molecule has 1 atom stereocenters. The number of hydrogen-bond donors (Lipinski definition) is 0. The Bertz CT molecular complexity index is 181. The fraction of sp³-hybridized carbons (Fsp3) is 0.333. The highest BCUT2D eigenvalue weighted by Gasteiger charge is 2.03. The molecule has 0 radical (unpaired) electrons. The molecule has 1 unspecified atom stereocenters. The summed E-state index contributed by atoms with van der Waals surface area (Å²) in [4.78, 5) is 3.84. The van der Waals surface area contributed by atoms with Crippen LogP contribution in [-0.4, -0.2) is 10.1 Å². The number of aromatic nitrogens is 2. The predicted molar refractivity (Wildman–Crippen MR) is 32.9 cm³/mol. The van der Waals surface area contributed by atoms with Crippen molar-refractivity contribution >= 4 is 0 Å². The molecule has 3 heteroatoms. The van der Waals surface area contributed by atoms with Gasteiger partial charge >= 0.3 is 0 Å². The first kappa shape index (κ1) is 6.01. The SMILES string of the molecule is C=CC(C)c1ncon1. The minimum absolute atomic E-state index is 0.184. The molecule has 0 spiro atoms. The van der Waals surface area contributed by atoms with Gasteiger partial charge in [-0.3, -0.25) is 0 Å². The Labute approximate surface area is 53.4 Å². The first-order valence-electron chi connectivity index (χ1n) is 2.73. The molecule has 1 rings (SSSR count). The second kappa shape index (κ2) is 2.44. The van der Waals surface area contributed by atoms with Gasteiger partial charge in [0.25, 0.3) is 0 Å². The lowest BCUT2D eigenvalue weighted by Crippen LogP contribution is -1.89. The zero-order valence-electron chi connectivity index (χ0n) is 5.24. The van der Waals surface area contributed by atoms with Crippen LogP contribution < -0.4 is 0 Å². The molecule has 0 bridgehead atoms. The molecule has 0 aliphatic rings. The van der Waals surface area contributed by atoms with Gasteiger partial charge in [-0.1, -0.05) is 18.2 Å². The quantitative estimate of drug-likeness (QED) is 0.559. The van der Waals surface area contributed by atoms with Gasteiger partial charge in [0.1, 0.15) is 0 Å². The summed E-state index contributed by atoms with van der Waals surface area (Å²) < 4.78 is 4.53. The van der Waals surface area contributed by atoms with Gasteiger partial charge in [0, 0.05) is 5.92 Å². The fourth-order valence-electron chi connectivity index (χ4n) is 0.485. The van der Waals surface area contributed by atoms with Crippen molar-refractivity contribution in [1.82, 2.24) is 10.1 Å². The maximum absolute atomic E-state index is 4.53. The van der Waals surface area contributed by atoms with Crippen LogP contribution in [0.2, 0.25) is 0 Å². The summed E-state index contributed by atoms with van der Waals surface area (Å²) in [5.74, 6) is 0.869. The summed E-state index contributed by atoms with van der Waals surface area (Å²) in [7, 11) is 0. The van der Waals surface area contributed by atoms with Crippen LogP contribution in [0.25, 0.3) is 0 Å². The minimum atomic E-state index is 0.184. The Hall–Kier alpha value is -1.12. The Morgan fingerprint density at radius 3 is 3.11 bits per heavy atom. The van der Waals surface area contributed by atoms with Gasteiger partial charge in [-0.25, -0.2) is 0 Å². The van der Waals surface area contributed by atoms with Crippen LogP contribution >= 0.6 is 0 Å². The molecule has 1 heterocycles. The van der Waals surface area contributed by atoms with E-state index in [2.05, 4.69) is 21.2 Å². The average Bonchev–Trinajstić information content (AvgIpc) is 2.37. The first-order chi connectivity index (χ1) is 4.34. The number of allylic oxidation sites excluding steroid dienone is 1. The van der Waals surface area contributed by atoms with Crippen LogP contribution in [-0.2, 0) is 0 Å². The van der Waals surface area contributed by atoms with Gasteiger partial charge in [0.05, 0.1) is 0 Å². The molecule has 3 nitrogen and oxygen atoms in total. The Morgan fingerprint density at radius 1 is 1.89 bits per heavy atom. The third-order valence-electron chi connectivity index (χ3n) is 1.14. The molecule has 1 aromatic rings. The Balaban J connectivity index is 2.76. The Kier molecular flexibility index (Phi) is 1.63. The summed E-state index contributed by atoms with van der Waals surface area (Å²) in [6.45, 7) is 5.55. The maximum atomic E-state index is 4.53. The monoisotopic (exact) mass is 124 g/mol. The summed E-state index contributed by atoms with van der Waals surface area (Å²) in [6.07, 6.45) is 3.08. The van der Waals surface area contributed by atoms with Gasteiger partial charge in [0.15, 0.2) is 5.82 Å². The lowest BCUT2D eigenvalue weighted by molar-refractivity contribution is 0.408. The van der Waals surface area contributed by atoms with E-state index in [1.165, 1.54) is 6.39 Å². The van der Waals surface area contributed by atoms with E-state index in [9.17, 15) is 0 Å². The number of hydrogen-bond acceptors (Lipinski definition) is 3. The van der Waals surface area contributed by atoms with Crippen molar-refractivity contribution in [1.29, 1.82) is 0 Å². The van der Waals surface area contributed by atoms with Crippen molar-refractivity contribution in [2.45, 2.75) is 12.8 Å². The van der Waals surface area contributed by atoms with E-state index in [1.54, 1.807) is 6.08 Å². The minimum Gasteiger partial charge on any atom is -0.343 e. The van der Waals surface area contributed by atoms with Gasteiger partial charge in [-0.2, -0.15) is 4.98 Å². The second-order valence-corrected chi connectivity index (χ2v) is 1.81. The van der Waals surface area contributed by atoms with Crippen molar-refractivity contribution in [3.05, 3.63) is 24.9 Å². The van der Waals surface area contributed by atoms with E-state index in [1.807, 2.05) is 6.92 Å². The smallest absolute Gasteiger partial charge is 0.213 e. The molecule has 0 fully saturated rings. The molecule has 0 N–H and O–H groups in total. The van der Waals surface area contributed by atoms with E-state index in [0.717, 1.165) is 0 Å². The van der Waals surface area contributed by atoms with Crippen LogP contribution in [0.1, 0.15) is 18.7 Å². The molecule has 48 valence electrons. The standard InChI is InChI=1S/C6H8N2O/c1-3-5(2)6-7-4-9-8-6/h3-5H,1H2,2H3.